The molecular formula is C12H26N2O. The molecule has 1 atom stereocenters. The van der Waals surface area contributed by atoms with Crippen LogP contribution < -0.4 is 5.73 Å². The van der Waals surface area contributed by atoms with E-state index in [1.165, 1.54) is 26.1 Å². The molecule has 1 aliphatic heterocycles. The van der Waals surface area contributed by atoms with Crippen LogP contribution in [0.15, 0.2) is 0 Å². The average Bonchev–Trinajstić information content (AvgIpc) is 2.62. The van der Waals surface area contributed by atoms with Crippen molar-refractivity contribution in [1.29, 1.82) is 0 Å². The van der Waals surface area contributed by atoms with Crippen molar-refractivity contribution in [2.75, 3.05) is 39.9 Å². The second-order valence-corrected chi connectivity index (χ2v) is 5.53. The number of hydrogen-bond donors (Lipinski definition) is 1. The number of nitrogens with zero attached hydrogens (tertiary/aromatic N) is 1. The normalized spacial score (nSPS) is 23.6. The van der Waals surface area contributed by atoms with E-state index in [0.29, 0.717) is 5.41 Å². The summed E-state index contributed by atoms with van der Waals surface area (Å²) < 4.78 is 5.15. The van der Waals surface area contributed by atoms with E-state index in [1.54, 1.807) is 7.11 Å². The van der Waals surface area contributed by atoms with Crippen molar-refractivity contribution in [3.63, 3.8) is 0 Å². The number of ether oxygens (including phenoxy) is 1. The minimum absolute atomic E-state index is 0.361. The number of rotatable bonds is 6. The van der Waals surface area contributed by atoms with Crippen LogP contribution in [0.5, 0.6) is 0 Å². The van der Waals surface area contributed by atoms with Crippen molar-refractivity contribution in [2.45, 2.75) is 26.7 Å². The van der Waals surface area contributed by atoms with Gasteiger partial charge >= 0.3 is 0 Å². The predicted molar refractivity (Wildman–Crippen MR) is 63.9 cm³/mol. The van der Waals surface area contributed by atoms with E-state index in [-0.39, 0.29) is 0 Å². The number of likely N-dealkylation sites (tertiary alicyclic amines) is 1. The largest absolute Gasteiger partial charge is 0.385 e. The van der Waals surface area contributed by atoms with Gasteiger partial charge in [0.1, 0.15) is 0 Å². The van der Waals surface area contributed by atoms with Gasteiger partial charge in [0.25, 0.3) is 0 Å². The van der Waals surface area contributed by atoms with Gasteiger partial charge in [0, 0.05) is 26.8 Å². The van der Waals surface area contributed by atoms with Crippen molar-refractivity contribution < 1.29 is 4.74 Å². The Hall–Kier alpha value is -0.120. The van der Waals surface area contributed by atoms with Gasteiger partial charge in [0.2, 0.25) is 0 Å². The Morgan fingerprint density at radius 2 is 2.20 bits per heavy atom. The van der Waals surface area contributed by atoms with Crippen LogP contribution in [-0.2, 0) is 4.74 Å². The Morgan fingerprint density at radius 3 is 2.73 bits per heavy atom. The third kappa shape index (κ3) is 4.49. The van der Waals surface area contributed by atoms with Gasteiger partial charge < -0.3 is 15.4 Å². The topological polar surface area (TPSA) is 38.5 Å². The summed E-state index contributed by atoms with van der Waals surface area (Å²) in [5.41, 5.74) is 6.05. The molecule has 1 rings (SSSR count). The zero-order chi connectivity index (χ0) is 11.3. The maximum atomic E-state index is 5.69. The van der Waals surface area contributed by atoms with Gasteiger partial charge in [-0.3, -0.25) is 0 Å². The molecular weight excluding hydrogens is 188 g/mol. The standard InChI is InChI=1S/C12H26N2O/c1-12(2,5-7-15-3)10-14-6-4-11(8-13)9-14/h11H,4-10,13H2,1-3H3. The molecule has 0 aliphatic carbocycles. The van der Waals surface area contributed by atoms with Crippen LogP contribution in [0.3, 0.4) is 0 Å². The SMILES string of the molecule is COCCC(C)(C)CN1CCC(CN)C1. The maximum absolute atomic E-state index is 5.69. The smallest absolute Gasteiger partial charge is 0.0467 e. The van der Waals surface area contributed by atoms with E-state index >= 15 is 0 Å². The monoisotopic (exact) mass is 214 g/mol. The molecule has 0 radical (unpaired) electrons. The summed E-state index contributed by atoms with van der Waals surface area (Å²) in [4.78, 5) is 2.55. The lowest BCUT2D eigenvalue weighted by Crippen LogP contribution is -2.34. The summed E-state index contributed by atoms with van der Waals surface area (Å²) in [6.45, 7) is 9.93. The molecule has 0 aromatic heterocycles. The minimum Gasteiger partial charge on any atom is -0.385 e. The number of methoxy groups -OCH3 is 1. The van der Waals surface area contributed by atoms with Gasteiger partial charge in [-0.05, 0) is 37.3 Å². The highest BCUT2D eigenvalue weighted by atomic mass is 16.5. The molecule has 1 unspecified atom stereocenters. The highest BCUT2D eigenvalue weighted by Crippen LogP contribution is 2.25. The molecule has 0 bridgehead atoms. The van der Waals surface area contributed by atoms with Gasteiger partial charge in [-0.15, -0.1) is 0 Å². The summed E-state index contributed by atoms with van der Waals surface area (Å²) in [6, 6.07) is 0. The zero-order valence-corrected chi connectivity index (χ0v) is 10.5. The Bertz CT molecular complexity index is 182. The Balaban J connectivity index is 2.28. The Labute approximate surface area is 94.0 Å². The van der Waals surface area contributed by atoms with Crippen molar-refractivity contribution in [3.05, 3.63) is 0 Å². The first-order valence-corrected chi connectivity index (χ1v) is 5.99. The fourth-order valence-corrected chi connectivity index (χ4v) is 2.31. The highest BCUT2D eigenvalue weighted by molar-refractivity contribution is 4.81. The molecule has 0 amide bonds. The lowest BCUT2D eigenvalue weighted by atomic mass is 9.89. The van der Waals surface area contributed by atoms with E-state index in [0.717, 1.165) is 25.5 Å². The molecule has 1 heterocycles. The molecule has 0 saturated carbocycles. The van der Waals surface area contributed by atoms with Crippen molar-refractivity contribution in [2.24, 2.45) is 17.1 Å². The highest BCUT2D eigenvalue weighted by Gasteiger charge is 2.27. The molecule has 1 fully saturated rings. The Kier molecular flexibility index (Phi) is 5.03. The van der Waals surface area contributed by atoms with Crippen LogP contribution in [0.4, 0.5) is 0 Å². The van der Waals surface area contributed by atoms with Crippen LogP contribution >= 0.6 is 0 Å². The summed E-state index contributed by atoms with van der Waals surface area (Å²) >= 11 is 0. The van der Waals surface area contributed by atoms with Crippen LogP contribution in [0, 0.1) is 11.3 Å². The summed E-state index contributed by atoms with van der Waals surface area (Å²) in [7, 11) is 1.77. The van der Waals surface area contributed by atoms with Crippen LogP contribution in [0.2, 0.25) is 0 Å². The molecule has 0 aromatic rings. The van der Waals surface area contributed by atoms with E-state index in [1.807, 2.05) is 0 Å². The molecule has 3 nitrogen and oxygen atoms in total. The van der Waals surface area contributed by atoms with Crippen molar-refractivity contribution in [1.82, 2.24) is 4.90 Å². The lowest BCUT2D eigenvalue weighted by molar-refractivity contribution is 0.124. The van der Waals surface area contributed by atoms with Gasteiger partial charge in [0.05, 0.1) is 0 Å². The first-order valence-electron chi connectivity index (χ1n) is 5.99. The molecule has 0 spiro atoms. The third-order valence-electron chi connectivity index (χ3n) is 3.34. The van der Waals surface area contributed by atoms with Crippen LogP contribution in [-0.4, -0.2) is 44.8 Å². The molecule has 1 aliphatic rings. The van der Waals surface area contributed by atoms with E-state index in [4.69, 9.17) is 10.5 Å². The number of hydrogen-bond acceptors (Lipinski definition) is 3. The Morgan fingerprint density at radius 1 is 1.47 bits per heavy atom. The molecule has 90 valence electrons. The first kappa shape index (κ1) is 12.9. The summed E-state index contributed by atoms with van der Waals surface area (Å²) in [5, 5.41) is 0. The van der Waals surface area contributed by atoms with Gasteiger partial charge in [-0.1, -0.05) is 13.8 Å². The molecule has 2 N–H and O–H groups in total. The van der Waals surface area contributed by atoms with Crippen LogP contribution in [0.1, 0.15) is 26.7 Å². The van der Waals surface area contributed by atoms with Gasteiger partial charge in [0.15, 0.2) is 0 Å². The molecule has 1 saturated heterocycles. The minimum atomic E-state index is 0.361. The second-order valence-electron chi connectivity index (χ2n) is 5.53. The maximum Gasteiger partial charge on any atom is 0.0467 e. The number of nitrogens with two attached hydrogens (primary N) is 1. The summed E-state index contributed by atoms with van der Waals surface area (Å²) in [5.74, 6) is 0.725. The van der Waals surface area contributed by atoms with Crippen LogP contribution in [0.25, 0.3) is 0 Å². The van der Waals surface area contributed by atoms with Crippen molar-refractivity contribution >= 4 is 0 Å². The molecule has 15 heavy (non-hydrogen) atoms. The predicted octanol–water partition coefficient (Wildman–Crippen LogP) is 1.33. The average molecular weight is 214 g/mol. The quantitative estimate of drug-likeness (QED) is 0.725. The van der Waals surface area contributed by atoms with E-state index in [9.17, 15) is 0 Å². The second kappa shape index (κ2) is 5.83. The molecule has 3 heteroatoms. The van der Waals surface area contributed by atoms with Crippen molar-refractivity contribution in [3.8, 4) is 0 Å². The molecule has 0 aromatic carbocycles. The van der Waals surface area contributed by atoms with Gasteiger partial charge in [-0.25, -0.2) is 0 Å². The van der Waals surface area contributed by atoms with E-state index in [2.05, 4.69) is 18.7 Å². The fraction of sp³-hybridized carbons (Fsp3) is 1.00. The van der Waals surface area contributed by atoms with Gasteiger partial charge in [-0.2, -0.15) is 0 Å². The zero-order valence-electron chi connectivity index (χ0n) is 10.5. The third-order valence-corrected chi connectivity index (χ3v) is 3.34. The first-order chi connectivity index (χ1) is 7.07. The van der Waals surface area contributed by atoms with E-state index < -0.39 is 0 Å². The fourth-order valence-electron chi connectivity index (χ4n) is 2.31. The lowest BCUT2D eigenvalue weighted by Gasteiger charge is -2.30. The summed E-state index contributed by atoms with van der Waals surface area (Å²) in [6.07, 6.45) is 2.41.